The van der Waals surface area contributed by atoms with Crippen LogP contribution in [-0.4, -0.2) is 18.1 Å². The Morgan fingerprint density at radius 2 is 1.94 bits per heavy atom. The average molecular weight is 225 g/mol. The van der Waals surface area contributed by atoms with Gasteiger partial charge in [-0.2, -0.15) is 0 Å². The fraction of sp³-hybridized carbons (Fsp3) is 0.0714. The number of nitrogens with one attached hydrogen (secondary N) is 1. The first-order valence-corrected chi connectivity index (χ1v) is 5.38. The lowest BCUT2D eigenvalue weighted by Gasteiger charge is -1.97. The number of H-pyrrole nitrogens is 1. The number of hydrogen-bond donors (Lipinski definition) is 1. The van der Waals surface area contributed by atoms with E-state index in [1.807, 2.05) is 36.4 Å². The van der Waals surface area contributed by atoms with Crippen LogP contribution in [0.25, 0.3) is 21.7 Å². The molecule has 0 fully saturated rings. The van der Waals surface area contributed by atoms with Crippen molar-refractivity contribution in [1.29, 1.82) is 0 Å². The summed E-state index contributed by atoms with van der Waals surface area (Å²) in [5.41, 5.74) is 1.43. The third kappa shape index (κ3) is 1.47. The molecular weight excluding hydrogens is 214 g/mol. The molecule has 84 valence electrons. The van der Waals surface area contributed by atoms with Crippen LogP contribution >= 0.6 is 0 Å². The molecule has 17 heavy (non-hydrogen) atoms. The molecule has 0 aliphatic rings. The van der Waals surface area contributed by atoms with E-state index in [0.717, 1.165) is 21.7 Å². The van der Waals surface area contributed by atoms with Gasteiger partial charge >= 0.3 is 5.97 Å². The molecule has 1 heterocycles. The number of aromatic amines is 1. The van der Waals surface area contributed by atoms with Crippen molar-refractivity contribution in [2.45, 2.75) is 0 Å². The van der Waals surface area contributed by atoms with E-state index < -0.39 is 0 Å². The van der Waals surface area contributed by atoms with Crippen LogP contribution in [-0.2, 0) is 4.74 Å². The number of rotatable bonds is 1. The number of benzene rings is 2. The van der Waals surface area contributed by atoms with Gasteiger partial charge in [0.1, 0.15) is 5.69 Å². The summed E-state index contributed by atoms with van der Waals surface area (Å²) in [4.78, 5) is 14.5. The summed E-state index contributed by atoms with van der Waals surface area (Å²) in [6.45, 7) is 0. The second kappa shape index (κ2) is 3.63. The molecule has 0 atom stereocenters. The number of hydrogen-bond acceptors (Lipinski definition) is 2. The van der Waals surface area contributed by atoms with Gasteiger partial charge < -0.3 is 9.72 Å². The third-order valence-electron chi connectivity index (χ3n) is 2.93. The number of esters is 1. The van der Waals surface area contributed by atoms with Gasteiger partial charge in [-0.1, -0.05) is 30.3 Å². The van der Waals surface area contributed by atoms with Crippen LogP contribution in [0.4, 0.5) is 0 Å². The first kappa shape index (κ1) is 9.90. The van der Waals surface area contributed by atoms with E-state index in [1.165, 1.54) is 7.11 Å². The minimum atomic E-state index is -0.342. The highest BCUT2D eigenvalue weighted by Gasteiger charge is 2.10. The fourth-order valence-electron chi connectivity index (χ4n) is 2.11. The van der Waals surface area contributed by atoms with Gasteiger partial charge in [0.2, 0.25) is 0 Å². The van der Waals surface area contributed by atoms with E-state index in [0.29, 0.717) is 5.69 Å². The van der Waals surface area contributed by atoms with E-state index in [2.05, 4.69) is 11.1 Å². The largest absolute Gasteiger partial charge is 0.464 e. The van der Waals surface area contributed by atoms with E-state index in [4.69, 9.17) is 4.74 Å². The highest BCUT2D eigenvalue weighted by atomic mass is 16.5. The zero-order chi connectivity index (χ0) is 11.8. The lowest BCUT2D eigenvalue weighted by Crippen LogP contribution is -2.00. The SMILES string of the molecule is COC(=O)c1cc2c(ccc3ccccc32)[nH]1. The smallest absolute Gasteiger partial charge is 0.354 e. The maximum absolute atomic E-state index is 11.5. The first-order valence-electron chi connectivity index (χ1n) is 5.38. The predicted molar refractivity (Wildman–Crippen MR) is 67.1 cm³/mol. The number of methoxy groups -OCH3 is 1. The molecule has 2 aromatic carbocycles. The molecule has 3 aromatic rings. The Morgan fingerprint density at radius 3 is 2.76 bits per heavy atom. The maximum Gasteiger partial charge on any atom is 0.354 e. The van der Waals surface area contributed by atoms with Crippen molar-refractivity contribution in [3.05, 3.63) is 48.2 Å². The molecule has 3 heteroatoms. The van der Waals surface area contributed by atoms with E-state index >= 15 is 0 Å². The first-order chi connectivity index (χ1) is 8.29. The Morgan fingerprint density at radius 1 is 1.12 bits per heavy atom. The lowest BCUT2D eigenvalue weighted by atomic mass is 10.1. The highest BCUT2D eigenvalue weighted by Crippen LogP contribution is 2.25. The third-order valence-corrected chi connectivity index (χ3v) is 2.93. The average Bonchev–Trinajstić information content (AvgIpc) is 2.82. The molecule has 0 amide bonds. The van der Waals surface area contributed by atoms with Crippen molar-refractivity contribution in [3.8, 4) is 0 Å². The van der Waals surface area contributed by atoms with Crippen LogP contribution in [0.15, 0.2) is 42.5 Å². The van der Waals surface area contributed by atoms with Crippen LogP contribution in [0.1, 0.15) is 10.5 Å². The Hall–Kier alpha value is -2.29. The molecule has 1 N–H and O–H groups in total. The van der Waals surface area contributed by atoms with E-state index in [9.17, 15) is 4.79 Å². The number of fused-ring (bicyclic) bond motifs is 3. The number of carbonyl (C=O) groups is 1. The minimum absolute atomic E-state index is 0.342. The number of aromatic nitrogens is 1. The minimum Gasteiger partial charge on any atom is -0.464 e. The molecule has 0 bridgehead atoms. The zero-order valence-corrected chi connectivity index (χ0v) is 9.36. The van der Waals surface area contributed by atoms with Crippen LogP contribution < -0.4 is 0 Å². The second-order valence-electron chi connectivity index (χ2n) is 3.92. The Kier molecular flexibility index (Phi) is 2.11. The molecule has 3 nitrogen and oxygen atoms in total. The predicted octanol–water partition coefficient (Wildman–Crippen LogP) is 3.11. The number of ether oxygens (including phenoxy) is 1. The molecule has 0 saturated carbocycles. The summed E-state index contributed by atoms with van der Waals surface area (Å²) in [6.07, 6.45) is 0. The summed E-state index contributed by atoms with van der Waals surface area (Å²) in [5.74, 6) is -0.342. The summed E-state index contributed by atoms with van der Waals surface area (Å²) >= 11 is 0. The van der Waals surface area contributed by atoms with Crippen molar-refractivity contribution in [3.63, 3.8) is 0 Å². The summed E-state index contributed by atoms with van der Waals surface area (Å²) in [6, 6.07) is 13.9. The van der Waals surface area contributed by atoms with Gasteiger partial charge in [-0.15, -0.1) is 0 Å². The zero-order valence-electron chi connectivity index (χ0n) is 9.36. The van der Waals surface area contributed by atoms with Crippen molar-refractivity contribution >= 4 is 27.6 Å². The Balaban J connectivity index is 2.35. The van der Waals surface area contributed by atoms with Crippen LogP contribution in [0, 0.1) is 0 Å². The standard InChI is InChI=1S/C14H11NO2/c1-17-14(16)13-8-11-10-5-3-2-4-9(10)6-7-12(11)15-13/h2-8,15H,1H3. The van der Waals surface area contributed by atoms with Crippen molar-refractivity contribution in [2.24, 2.45) is 0 Å². The van der Waals surface area contributed by atoms with Gasteiger partial charge in [-0.25, -0.2) is 4.79 Å². The highest BCUT2D eigenvalue weighted by molar-refractivity contribution is 6.09. The quantitative estimate of drug-likeness (QED) is 0.646. The molecule has 0 spiro atoms. The summed E-state index contributed by atoms with van der Waals surface area (Å²) < 4.78 is 4.71. The van der Waals surface area contributed by atoms with Gasteiger partial charge in [0.15, 0.2) is 0 Å². The van der Waals surface area contributed by atoms with Crippen LogP contribution in [0.3, 0.4) is 0 Å². The van der Waals surface area contributed by atoms with Crippen LogP contribution in [0.5, 0.6) is 0 Å². The van der Waals surface area contributed by atoms with E-state index in [1.54, 1.807) is 0 Å². The molecule has 0 aliphatic carbocycles. The van der Waals surface area contributed by atoms with Gasteiger partial charge in [-0.05, 0) is 22.9 Å². The molecule has 0 unspecified atom stereocenters. The second-order valence-corrected chi connectivity index (χ2v) is 3.92. The van der Waals surface area contributed by atoms with Gasteiger partial charge in [0.25, 0.3) is 0 Å². The molecule has 0 saturated heterocycles. The monoisotopic (exact) mass is 225 g/mol. The van der Waals surface area contributed by atoms with Crippen molar-refractivity contribution < 1.29 is 9.53 Å². The Labute approximate surface area is 98.0 Å². The van der Waals surface area contributed by atoms with Gasteiger partial charge in [0.05, 0.1) is 7.11 Å². The topological polar surface area (TPSA) is 42.1 Å². The Bertz CT molecular complexity index is 712. The summed E-state index contributed by atoms with van der Waals surface area (Å²) in [5, 5.41) is 3.34. The number of carbonyl (C=O) groups excluding carboxylic acids is 1. The van der Waals surface area contributed by atoms with Crippen molar-refractivity contribution in [2.75, 3.05) is 7.11 Å². The molecule has 0 aliphatic heterocycles. The molecular formula is C14H11NO2. The van der Waals surface area contributed by atoms with E-state index in [-0.39, 0.29) is 5.97 Å². The lowest BCUT2D eigenvalue weighted by molar-refractivity contribution is 0.0595. The maximum atomic E-state index is 11.5. The van der Waals surface area contributed by atoms with Gasteiger partial charge in [0, 0.05) is 10.9 Å². The molecule has 0 radical (unpaired) electrons. The van der Waals surface area contributed by atoms with Crippen LogP contribution in [0.2, 0.25) is 0 Å². The summed E-state index contributed by atoms with van der Waals surface area (Å²) in [7, 11) is 1.38. The van der Waals surface area contributed by atoms with Gasteiger partial charge in [-0.3, -0.25) is 0 Å². The van der Waals surface area contributed by atoms with Crippen molar-refractivity contribution in [1.82, 2.24) is 4.98 Å². The molecule has 1 aromatic heterocycles. The normalized spacial score (nSPS) is 10.9. The molecule has 3 rings (SSSR count). The fourth-order valence-corrected chi connectivity index (χ4v) is 2.11.